The largest absolute Gasteiger partial charge is 0.508 e. The number of phenols is 1. The van der Waals surface area contributed by atoms with Gasteiger partial charge in [0.05, 0.1) is 12.4 Å². The number of phenolic OH excluding ortho intramolecular Hbond substituents is 1. The molecule has 0 radical (unpaired) electrons. The van der Waals surface area contributed by atoms with Crippen LogP contribution in [0.15, 0.2) is 47.4 Å². The van der Waals surface area contributed by atoms with E-state index in [2.05, 4.69) is 40.5 Å². The van der Waals surface area contributed by atoms with Crippen LogP contribution in [0.25, 0.3) is 0 Å². The van der Waals surface area contributed by atoms with Gasteiger partial charge in [-0.05, 0) is 78.2 Å². The number of aromatic hydroxyl groups is 1. The Balaban J connectivity index is 2.24. The first-order valence-electron chi connectivity index (χ1n) is 9.86. The quantitative estimate of drug-likeness (QED) is 0.142. The molecule has 0 aliphatic rings. The number of carbonyl (C=O) groups is 2. The number of hydrogen-bond acceptors (Lipinski definition) is 8. The molecule has 10 heteroatoms. The Bertz CT molecular complexity index is 896. The number of ether oxygens (including phenoxy) is 3. The van der Waals surface area contributed by atoms with Gasteiger partial charge in [0.2, 0.25) is 0 Å². The van der Waals surface area contributed by atoms with Crippen LogP contribution in [-0.2, 0) is 19.0 Å². The van der Waals surface area contributed by atoms with Crippen molar-refractivity contribution in [3.63, 3.8) is 0 Å². The zero-order chi connectivity index (χ0) is 23.5. The standard InChI is InChI=1S/C22H26INO6S2/c1-3-28-19(10-11-29-20(26)13-31)21(17-12-14(23)4-9-18(17)25)30-22(27)24-15-5-7-16(32-2)8-6-15/h4-9,12,19,21,25,31H,3,10-11,13H2,1-2H3,(H,24,27)/t19-,21-/m0/s1. The van der Waals surface area contributed by atoms with Crippen LogP contribution >= 0.6 is 47.0 Å². The van der Waals surface area contributed by atoms with Crippen molar-refractivity contribution in [2.45, 2.75) is 30.4 Å². The zero-order valence-corrected chi connectivity index (χ0v) is 21.6. The van der Waals surface area contributed by atoms with Crippen molar-refractivity contribution in [1.82, 2.24) is 0 Å². The first-order valence-corrected chi connectivity index (χ1v) is 12.8. The van der Waals surface area contributed by atoms with Gasteiger partial charge < -0.3 is 19.3 Å². The predicted molar refractivity (Wildman–Crippen MR) is 137 cm³/mol. The van der Waals surface area contributed by atoms with Crippen LogP contribution < -0.4 is 5.32 Å². The second-order valence-electron chi connectivity index (χ2n) is 6.54. The molecule has 0 aliphatic carbocycles. The molecule has 2 rings (SSSR count). The van der Waals surface area contributed by atoms with Gasteiger partial charge in [0.15, 0.2) is 6.10 Å². The summed E-state index contributed by atoms with van der Waals surface area (Å²) in [6.45, 7) is 2.21. The number of thiol groups is 1. The maximum Gasteiger partial charge on any atom is 0.412 e. The fraction of sp³-hybridized carbons (Fsp3) is 0.364. The van der Waals surface area contributed by atoms with Gasteiger partial charge in [-0.25, -0.2) is 4.79 Å². The molecule has 174 valence electrons. The minimum atomic E-state index is -0.926. The van der Waals surface area contributed by atoms with Gasteiger partial charge in [-0.1, -0.05) is 0 Å². The fourth-order valence-corrected chi connectivity index (χ4v) is 3.92. The van der Waals surface area contributed by atoms with Crippen molar-refractivity contribution in [1.29, 1.82) is 0 Å². The molecule has 0 fully saturated rings. The summed E-state index contributed by atoms with van der Waals surface area (Å²) in [5.41, 5.74) is 0.984. The molecule has 0 aromatic heterocycles. The molecule has 0 bridgehead atoms. The Hall–Kier alpha value is -1.63. The van der Waals surface area contributed by atoms with E-state index in [1.807, 2.05) is 25.3 Å². The van der Waals surface area contributed by atoms with E-state index >= 15 is 0 Å². The highest BCUT2D eigenvalue weighted by atomic mass is 127. The van der Waals surface area contributed by atoms with E-state index in [0.29, 0.717) is 17.9 Å². The number of thioether (sulfide) groups is 1. The van der Waals surface area contributed by atoms with E-state index < -0.39 is 24.3 Å². The van der Waals surface area contributed by atoms with E-state index in [9.17, 15) is 14.7 Å². The average Bonchev–Trinajstić information content (AvgIpc) is 2.79. The monoisotopic (exact) mass is 591 g/mol. The minimum absolute atomic E-state index is 0.0235. The summed E-state index contributed by atoms with van der Waals surface area (Å²) in [6, 6.07) is 12.4. The maximum atomic E-state index is 12.7. The Morgan fingerprint density at radius 3 is 2.56 bits per heavy atom. The molecule has 2 atom stereocenters. The molecular formula is C22H26INO6S2. The summed E-state index contributed by atoms with van der Waals surface area (Å²) in [4.78, 5) is 25.2. The van der Waals surface area contributed by atoms with Gasteiger partial charge in [-0.3, -0.25) is 10.1 Å². The van der Waals surface area contributed by atoms with Gasteiger partial charge in [-0.15, -0.1) is 11.8 Å². The Morgan fingerprint density at radius 2 is 1.94 bits per heavy atom. The molecule has 7 nitrogen and oxygen atoms in total. The van der Waals surface area contributed by atoms with Gasteiger partial charge in [0, 0.05) is 32.7 Å². The molecule has 0 unspecified atom stereocenters. The zero-order valence-electron chi connectivity index (χ0n) is 17.7. The lowest BCUT2D eigenvalue weighted by Gasteiger charge is -2.28. The van der Waals surface area contributed by atoms with E-state index in [4.69, 9.17) is 14.2 Å². The topological polar surface area (TPSA) is 94.1 Å². The summed E-state index contributed by atoms with van der Waals surface area (Å²) < 4.78 is 17.5. The van der Waals surface area contributed by atoms with E-state index in [1.165, 1.54) is 6.07 Å². The van der Waals surface area contributed by atoms with Crippen molar-refractivity contribution in [2.24, 2.45) is 0 Å². The molecule has 1 amide bonds. The Labute approximate surface area is 211 Å². The van der Waals surface area contributed by atoms with Gasteiger partial charge in [-0.2, -0.15) is 12.6 Å². The van der Waals surface area contributed by atoms with E-state index in [-0.39, 0.29) is 24.5 Å². The highest BCUT2D eigenvalue weighted by molar-refractivity contribution is 14.1. The predicted octanol–water partition coefficient (Wildman–Crippen LogP) is 5.28. The molecule has 0 saturated heterocycles. The van der Waals surface area contributed by atoms with E-state index in [0.717, 1.165) is 8.47 Å². The molecule has 32 heavy (non-hydrogen) atoms. The summed E-state index contributed by atoms with van der Waals surface area (Å²) in [5.74, 6) is -0.511. The van der Waals surface area contributed by atoms with Gasteiger partial charge in [0.1, 0.15) is 11.9 Å². The lowest BCUT2D eigenvalue weighted by molar-refractivity contribution is -0.142. The van der Waals surface area contributed by atoms with Crippen LogP contribution in [0.3, 0.4) is 0 Å². The average molecular weight is 591 g/mol. The summed E-state index contributed by atoms with van der Waals surface area (Å²) >= 11 is 7.60. The third kappa shape index (κ3) is 8.38. The normalized spacial score (nSPS) is 12.6. The van der Waals surface area contributed by atoms with Gasteiger partial charge in [0.25, 0.3) is 0 Å². The van der Waals surface area contributed by atoms with Gasteiger partial charge >= 0.3 is 12.1 Å². The second-order valence-corrected chi connectivity index (χ2v) is 8.99. The number of benzene rings is 2. The molecule has 0 heterocycles. The molecule has 2 aromatic rings. The van der Waals surface area contributed by atoms with Crippen molar-refractivity contribution < 1.29 is 28.9 Å². The number of esters is 1. The number of amides is 1. The highest BCUT2D eigenvalue weighted by Crippen LogP contribution is 2.34. The fourth-order valence-electron chi connectivity index (χ4n) is 2.90. The van der Waals surface area contributed by atoms with Crippen LogP contribution in [0.4, 0.5) is 10.5 Å². The molecule has 0 saturated carbocycles. The van der Waals surface area contributed by atoms with Crippen LogP contribution in [-0.4, -0.2) is 48.5 Å². The third-order valence-electron chi connectivity index (χ3n) is 4.38. The molecule has 0 spiro atoms. The van der Waals surface area contributed by atoms with Crippen molar-refractivity contribution in [3.8, 4) is 5.75 Å². The van der Waals surface area contributed by atoms with Crippen molar-refractivity contribution in [2.75, 3.05) is 30.5 Å². The van der Waals surface area contributed by atoms with Crippen LogP contribution in [0.5, 0.6) is 5.75 Å². The lowest BCUT2D eigenvalue weighted by atomic mass is 10.0. The SMILES string of the molecule is CCO[C@@H](CCOC(=O)CS)[C@@H](OC(=O)Nc1ccc(SC)cc1)c1cc(I)ccc1O. The molecule has 2 N–H and O–H groups in total. The summed E-state index contributed by atoms with van der Waals surface area (Å²) in [6.07, 6.45) is -0.0387. The van der Waals surface area contributed by atoms with Crippen molar-refractivity contribution in [3.05, 3.63) is 51.6 Å². The Morgan fingerprint density at radius 1 is 1.22 bits per heavy atom. The minimum Gasteiger partial charge on any atom is -0.508 e. The number of rotatable bonds is 11. The first-order chi connectivity index (χ1) is 15.4. The van der Waals surface area contributed by atoms with Crippen LogP contribution in [0.1, 0.15) is 25.0 Å². The lowest BCUT2D eigenvalue weighted by Crippen LogP contribution is -2.30. The number of halogens is 1. The number of nitrogens with one attached hydrogen (secondary N) is 1. The second kappa shape index (κ2) is 13.8. The molecule has 2 aromatic carbocycles. The molecular weight excluding hydrogens is 565 g/mol. The highest BCUT2D eigenvalue weighted by Gasteiger charge is 2.30. The number of anilines is 1. The molecule has 0 aliphatic heterocycles. The maximum absolute atomic E-state index is 12.7. The van der Waals surface area contributed by atoms with E-state index in [1.54, 1.807) is 36.0 Å². The smallest absolute Gasteiger partial charge is 0.412 e. The van der Waals surface area contributed by atoms with Crippen molar-refractivity contribution >= 4 is 64.7 Å². The van der Waals surface area contributed by atoms with Crippen LogP contribution in [0, 0.1) is 3.57 Å². The van der Waals surface area contributed by atoms with Crippen LogP contribution in [0.2, 0.25) is 0 Å². The Kier molecular flexibility index (Phi) is 11.5. The first kappa shape index (κ1) is 26.6. The number of hydrogen-bond donors (Lipinski definition) is 3. The summed E-state index contributed by atoms with van der Waals surface area (Å²) in [7, 11) is 0. The third-order valence-corrected chi connectivity index (χ3v) is 6.05. The summed E-state index contributed by atoms with van der Waals surface area (Å²) in [5, 5.41) is 13.2. The number of carbonyl (C=O) groups excluding carboxylic acids is 2.